The van der Waals surface area contributed by atoms with Crippen LogP contribution in [0.1, 0.15) is 6.42 Å². The molecule has 0 aliphatic rings. The summed E-state index contributed by atoms with van der Waals surface area (Å²) >= 11 is 0. The molecule has 0 unspecified atom stereocenters. The van der Waals surface area contributed by atoms with Crippen molar-refractivity contribution in [2.75, 3.05) is 6.61 Å². The second-order valence-electron chi connectivity index (χ2n) is 10.7. The highest BCUT2D eigenvalue weighted by Gasteiger charge is 2.49. The Morgan fingerprint density at radius 3 is 1.64 bits per heavy atom. The summed E-state index contributed by atoms with van der Waals surface area (Å²) in [5.74, 6) is -0.829. The van der Waals surface area contributed by atoms with E-state index >= 15 is 0 Å². The molecule has 0 bridgehead atoms. The number of benzene rings is 1. The summed E-state index contributed by atoms with van der Waals surface area (Å²) < 4.78 is 30.2. The van der Waals surface area contributed by atoms with Crippen molar-refractivity contribution in [1.29, 1.82) is 0 Å². The summed E-state index contributed by atoms with van der Waals surface area (Å²) in [7, 11) is -8.79. The normalized spacial score (nSPS) is 13.2. The summed E-state index contributed by atoms with van der Waals surface area (Å²) in [5.41, 5.74) is 0. The highest BCUT2D eigenvalue weighted by Crippen LogP contribution is 2.29. The number of hydrogen-bond acceptors (Lipinski definition) is 7. The standard InChI is InChI=1S/C22H40O7Si4/c1-30(2,3)27-33(28-31(4,5)6,29-32(7,8)9)19-13-18-25-21(23)16-17-22(24)26-20-14-11-10-12-15-20/h10-12,14-17H,13,18-19H2,1-9H3/b17-16+. The maximum absolute atomic E-state index is 12.0. The average Bonchev–Trinajstić information content (AvgIpc) is 2.60. The van der Waals surface area contributed by atoms with E-state index in [-0.39, 0.29) is 6.61 Å². The van der Waals surface area contributed by atoms with Gasteiger partial charge in [0.05, 0.1) is 6.61 Å². The Bertz CT molecular complexity index is 753. The van der Waals surface area contributed by atoms with E-state index in [0.29, 0.717) is 18.2 Å². The molecule has 1 aromatic rings. The van der Waals surface area contributed by atoms with Crippen LogP contribution in [0.5, 0.6) is 5.75 Å². The fraction of sp³-hybridized carbons (Fsp3) is 0.545. The number of para-hydroxylation sites is 1. The third-order valence-corrected chi connectivity index (χ3v) is 15.6. The Morgan fingerprint density at radius 1 is 0.727 bits per heavy atom. The fourth-order valence-corrected chi connectivity index (χ4v) is 17.5. The molecule has 0 aliphatic heterocycles. The smallest absolute Gasteiger partial charge is 0.463 e. The molecule has 0 atom stereocenters. The van der Waals surface area contributed by atoms with Crippen LogP contribution in [0.2, 0.25) is 65.0 Å². The lowest BCUT2D eigenvalue weighted by Gasteiger charge is -2.42. The van der Waals surface area contributed by atoms with E-state index in [4.69, 9.17) is 21.8 Å². The number of carbonyl (C=O) groups is 2. The monoisotopic (exact) mass is 528 g/mol. The molecule has 33 heavy (non-hydrogen) atoms. The lowest BCUT2D eigenvalue weighted by Crippen LogP contribution is -2.60. The van der Waals surface area contributed by atoms with Gasteiger partial charge < -0.3 is 21.8 Å². The van der Waals surface area contributed by atoms with Gasteiger partial charge in [-0.2, -0.15) is 0 Å². The zero-order chi connectivity index (χ0) is 25.3. The van der Waals surface area contributed by atoms with E-state index < -0.39 is 45.7 Å². The molecule has 0 heterocycles. The molecule has 1 rings (SSSR count). The second-order valence-corrected chi connectivity index (χ2v) is 27.7. The minimum atomic E-state index is -2.95. The van der Waals surface area contributed by atoms with Crippen molar-refractivity contribution >= 4 is 45.7 Å². The predicted octanol–water partition coefficient (Wildman–Crippen LogP) is 5.57. The van der Waals surface area contributed by atoms with Gasteiger partial charge in [0, 0.05) is 18.2 Å². The minimum Gasteiger partial charge on any atom is -0.463 e. The fourth-order valence-electron chi connectivity index (χ4n) is 2.90. The largest absolute Gasteiger partial charge is 0.469 e. The van der Waals surface area contributed by atoms with Crippen molar-refractivity contribution in [3.63, 3.8) is 0 Å². The number of ether oxygens (including phenoxy) is 2. The molecule has 0 radical (unpaired) electrons. The minimum absolute atomic E-state index is 0.185. The molecule has 0 saturated carbocycles. The number of carbonyl (C=O) groups excluding carboxylic acids is 2. The van der Waals surface area contributed by atoms with Crippen molar-refractivity contribution in [3.05, 3.63) is 42.5 Å². The quantitative estimate of drug-likeness (QED) is 0.109. The highest BCUT2D eigenvalue weighted by atomic mass is 28.5. The maximum Gasteiger partial charge on any atom is 0.469 e. The van der Waals surface area contributed by atoms with E-state index in [1.54, 1.807) is 24.3 Å². The summed E-state index contributed by atoms with van der Waals surface area (Å²) in [6, 6.07) is 9.24. The first kappa shape index (κ1) is 29.7. The van der Waals surface area contributed by atoms with Crippen molar-refractivity contribution in [2.45, 2.75) is 71.4 Å². The van der Waals surface area contributed by atoms with Crippen molar-refractivity contribution in [3.8, 4) is 5.75 Å². The van der Waals surface area contributed by atoms with Gasteiger partial charge in [0.1, 0.15) is 5.75 Å². The predicted molar refractivity (Wildman–Crippen MR) is 141 cm³/mol. The molecule has 7 nitrogen and oxygen atoms in total. The van der Waals surface area contributed by atoms with E-state index in [0.717, 1.165) is 12.2 Å². The molecule has 186 valence electrons. The first-order valence-corrected chi connectivity index (χ1v) is 23.4. The van der Waals surface area contributed by atoms with Crippen molar-refractivity contribution in [2.24, 2.45) is 0 Å². The van der Waals surface area contributed by atoms with Gasteiger partial charge in [0.15, 0.2) is 25.0 Å². The zero-order valence-electron chi connectivity index (χ0n) is 21.5. The van der Waals surface area contributed by atoms with Gasteiger partial charge in [-0.15, -0.1) is 0 Å². The zero-order valence-corrected chi connectivity index (χ0v) is 25.5. The first-order chi connectivity index (χ1) is 15.0. The molecule has 0 saturated heterocycles. The summed E-state index contributed by atoms with van der Waals surface area (Å²) in [5, 5.41) is 0. The van der Waals surface area contributed by atoms with Crippen molar-refractivity contribution in [1.82, 2.24) is 0 Å². The Kier molecular flexibility index (Phi) is 11.1. The summed E-state index contributed by atoms with van der Waals surface area (Å²) in [6.45, 7) is 19.4. The van der Waals surface area contributed by atoms with Crippen LogP contribution in [0.3, 0.4) is 0 Å². The van der Waals surface area contributed by atoms with Crippen LogP contribution in [0.15, 0.2) is 42.5 Å². The lowest BCUT2D eigenvalue weighted by atomic mass is 10.3. The lowest BCUT2D eigenvalue weighted by molar-refractivity contribution is -0.138. The van der Waals surface area contributed by atoms with Gasteiger partial charge in [-0.25, -0.2) is 9.59 Å². The summed E-state index contributed by atoms with van der Waals surface area (Å²) in [6.07, 6.45) is 2.69. The number of rotatable bonds is 13. The summed E-state index contributed by atoms with van der Waals surface area (Å²) in [4.78, 5) is 23.9. The third-order valence-electron chi connectivity index (χ3n) is 3.57. The molecule has 0 aromatic heterocycles. The molecular formula is C22H40O7Si4. The average molecular weight is 529 g/mol. The maximum atomic E-state index is 12.0. The molecule has 0 aliphatic carbocycles. The Morgan fingerprint density at radius 2 is 1.18 bits per heavy atom. The van der Waals surface area contributed by atoms with Crippen LogP contribution in [-0.2, 0) is 26.7 Å². The van der Waals surface area contributed by atoms with Gasteiger partial charge in [-0.05, 0) is 77.5 Å². The molecule has 0 N–H and O–H groups in total. The number of hydrogen-bond donors (Lipinski definition) is 0. The van der Waals surface area contributed by atoms with Gasteiger partial charge in [0.2, 0.25) is 0 Å². The molecule has 11 heteroatoms. The van der Waals surface area contributed by atoms with Crippen LogP contribution in [0, 0.1) is 0 Å². The Labute approximate surface area is 203 Å². The Hall–Kier alpha value is -1.35. The first-order valence-electron chi connectivity index (χ1n) is 11.2. The SMILES string of the molecule is C[Si](C)(C)O[Si](CCCOC(=O)/C=C/C(=O)Oc1ccccc1)(O[Si](C)(C)C)O[Si](C)(C)C. The van der Waals surface area contributed by atoms with Crippen molar-refractivity contribution < 1.29 is 31.4 Å². The second kappa shape index (κ2) is 12.4. The van der Waals surface area contributed by atoms with Gasteiger partial charge >= 0.3 is 20.7 Å². The highest BCUT2D eigenvalue weighted by molar-refractivity contribution is 6.90. The molecular weight excluding hydrogens is 489 g/mol. The van der Waals surface area contributed by atoms with E-state index in [2.05, 4.69) is 58.9 Å². The topological polar surface area (TPSA) is 80.3 Å². The van der Waals surface area contributed by atoms with Crippen LogP contribution < -0.4 is 4.74 Å². The molecule has 0 amide bonds. The van der Waals surface area contributed by atoms with Crippen LogP contribution in [-0.4, -0.2) is 52.3 Å². The number of esters is 2. The van der Waals surface area contributed by atoms with Gasteiger partial charge in [0.25, 0.3) is 0 Å². The van der Waals surface area contributed by atoms with Gasteiger partial charge in [-0.1, -0.05) is 18.2 Å². The van der Waals surface area contributed by atoms with Crippen LogP contribution in [0.25, 0.3) is 0 Å². The molecule has 1 aromatic carbocycles. The van der Waals surface area contributed by atoms with Crippen LogP contribution in [0.4, 0.5) is 0 Å². The van der Waals surface area contributed by atoms with E-state index in [1.807, 2.05) is 6.07 Å². The Balaban J connectivity index is 2.70. The third kappa shape index (κ3) is 14.5. The van der Waals surface area contributed by atoms with E-state index in [1.165, 1.54) is 0 Å². The molecule has 0 fully saturated rings. The molecule has 0 spiro atoms. The van der Waals surface area contributed by atoms with Gasteiger partial charge in [-0.3, -0.25) is 0 Å². The van der Waals surface area contributed by atoms with Crippen LogP contribution >= 0.6 is 0 Å². The van der Waals surface area contributed by atoms with E-state index in [9.17, 15) is 9.59 Å².